The van der Waals surface area contributed by atoms with Gasteiger partial charge in [-0.2, -0.15) is 0 Å². The summed E-state index contributed by atoms with van der Waals surface area (Å²) in [7, 11) is 2.88. The van der Waals surface area contributed by atoms with E-state index in [1.807, 2.05) is 0 Å². The predicted molar refractivity (Wildman–Crippen MR) is 70.4 cm³/mol. The first-order chi connectivity index (χ1) is 8.97. The first-order valence-corrected chi connectivity index (χ1v) is 6.81. The quantitative estimate of drug-likeness (QED) is 0.710. The number of carbonyl (C=O) groups excluding carboxylic acids is 3. The maximum Gasteiger partial charge on any atom is 0.308 e. The number of carbonyl (C=O) groups is 3. The highest BCUT2D eigenvalue weighted by Crippen LogP contribution is 2.26. The molecule has 1 aliphatic carbocycles. The molecule has 1 unspecified atom stereocenters. The summed E-state index contributed by atoms with van der Waals surface area (Å²) in [6.45, 7) is 1.40. The number of amides is 1. The van der Waals surface area contributed by atoms with Crippen molar-refractivity contribution in [2.75, 3.05) is 14.2 Å². The molecule has 0 aromatic carbocycles. The Morgan fingerprint density at radius 3 is 2.26 bits per heavy atom. The molecule has 19 heavy (non-hydrogen) atoms. The summed E-state index contributed by atoms with van der Waals surface area (Å²) in [5.74, 6) is -0.678. The van der Waals surface area contributed by atoms with Crippen LogP contribution in [0.2, 0.25) is 0 Å². The van der Waals surface area contributed by atoms with Crippen LogP contribution >= 0.6 is 0 Å². The maximum atomic E-state index is 12.3. The van der Waals surface area contributed by atoms with Crippen LogP contribution in [0.25, 0.3) is 0 Å². The van der Waals surface area contributed by atoms with Gasteiger partial charge in [-0.15, -0.1) is 0 Å². The molecule has 0 spiro atoms. The third-order valence-electron chi connectivity index (χ3n) is 3.83. The van der Waals surface area contributed by atoms with Crippen molar-refractivity contribution in [2.45, 2.75) is 51.5 Å². The summed E-state index contributed by atoms with van der Waals surface area (Å²) in [5.41, 5.74) is 0. The number of nitrogens with zero attached hydrogens (tertiary/aromatic N) is 1. The highest BCUT2D eigenvalue weighted by atomic mass is 16.5. The SMILES string of the molecule is COC(=O)CC(C(C)=O)N(C)C(=O)C1CCCCC1. The second-order valence-corrected chi connectivity index (χ2v) is 5.19. The molecule has 0 aliphatic heterocycles. The summed E-state index contributed by atoms with van der Waals surface area (Å²) in [6.07, 6.45) is 4.99. The Balaban J connectivity index is 2.69. The molecular formula is C14H23NO4. The predicted octanol–water partition coefficient (Wildman–Crippen LogP) is 1.55. The van der Waals surface area contributed by atoms with Gasteiger partial charge >= 0.3 is 5.97 Å². The average molecular weight is 269 g/mol. The molecule has 1 fully saturated rings. The zero-order valence-electron chi connectivity index (χ0n) is 12.0. The van der Waals surface area contributed by atoms with E-state index in [4.69, 9.17) is 0 Å². The minimum absolute atomic E-state index is 0.00162. The van der Waals surface area contributed by atoms with Gasteiger partial charge in [-0.05, 0) is 19.8 Å². The first-order valence-electron chi connectivity index (χ1n) is 6.81. The lowest BCUT2D eigenvalue weighted by Gasteiger charge is -2.30. The molecule has 0 radical (unpaired) electrons. The molecule has 0 N–H and O–H groups in total. The first kappa shape index (κ1) is 15.7. The molecule has 0 aromatic heterocycles. The molecule has 5 heteroatoms. The van der Waals surface area contributed by atoms with Crippen molar-refractivity contribution in [3.05, 3.63) is 0 Å². The molecule has 1 rings (SSSR count). The van der Waals surface area contributed by atoms with E-state index >= 15 is 0 Å². The fourth-order valence-electron chi connectivity index (χ4n) is 2.59. The lowest BCUT2D eigenvalue weighted by molar-refractivity contribution is -0.148. The maximum absolute atomic E-state index is 12.3. The summed E-state index contributed by atoms with van der Waals surface area (Å²) in [4.78, 5) is 36.7. The zero-order chi connectivity index (χ0) is 14.4. The van der Waals surface area contributed by atoms with Crippen LogP contribution in [0.3, 0.4) is 0 Å². The van der Waals surface area contributed by atoms with E-state index < -0.39 is 12.0 Å². The van der Waals surface area contributed by atoms with Crippen LogP contribution in [0.15, 0.2) is 0 Å². The molecule has 1 aliphatic rings. The molecule has 0 saturated heterocycles. The Morgan fingerprint density at radius 2 is 1.79 bits per heavy atom. The van der Waals surface area contributed by atoms with Gasteiger partial charge < -0.3 is 9.64 Å². The van der Waals surface area contributed by atoms with Crippen LogP contribution in [-0.2, 0) is 19.1 Å². The van der Waals surface area contributed by atoms with Crippen molar-refractivity contribution in [3.8, 4) is 0 Å². The molecule has 1 atom stereocenters. The van der Waals surface area contributed by atoms with Crippen LogP contribution in [0.4, 0.5) is 0 Å². The number of ketones is 1. The van der Waals surface area contributed by atoms with Crippen molar-refractivity contribution < 1.29 is 19.1 Å². The summed E-state index contributed by atoms with van der Waals surface area (Å²) in [6, 6.07) is -0.707. The third-order valence-corrected chi connectivity index (χ3v) is 3.83. The van der Waals surface area contributed by atoms with Crippen LogP contribution in [0.5, 0.6) is 0 Å². The van der Waals surface area contributed by atoms with Crippen molar-refractivity contribution in [2.24, 2.45) is 5.92 Å². The Morgan fingerprint density at radius 1 is 1.21 bits per heavy atom. The van der Waals surface area contributed by atoms with Crippen molar-refractivity contribution in [3.63, 3.8) is 0 Å². The van der Waals surface area contributed by atoms with Crippen molar-refractivity contribution >= 4 is 17.7 Å². The van der Waals surface area contributed by atoms with E-state index in [2.05, 4.69) is 4.74 Å². The van der Waals surface area contributed by atoms with Gasteiger partial charge in [0.2, 0.25) is 5.91 Å². The molecular weight excluding hydrogens is 246 g/mol. The average Bonchev–Trinajstić information content (AvgIpc) is 2.43. The van der Waals surface area contributed by atoms with E-state index in [0.29, 0.717) is 0 Å². The van der Waals surface area contributed by atoms with Gasteiger partial charge in [0.15, 0.2) is 5.78 Å². The number of ether oxygens (including phenoxy) is 1. The number of rotatable bonds is 5. The molecule has 108 valence electrons. The Kier molecular flexibility index (Phi) is 5.99. The molecule has 0 aromatic rings. The van der Waals surface area contributed by atoms with Gasteiger partial charge in [0.05, 0.1) is 13.5 Å². The van der Waals surface area contributed by atoms with Gasteiger partial charge in [0.1, 0.15) is 6.04 Å². The Hall–Kier alpha value is -1.39. The number of hydrogen-bond acceptors (Lipinski definition) is 4. The fourth-order valence-corrected chi connectivity index (χ4v) is 2.59. The van der Waals surface area contributed by atoms with Crippen LogP contribution in [-0.4, -0.2) is 42.8 Å². The minimum atomic E-state index is -0.707. The number of esters is 1. The van der Waals surface area contributed by atoms with Crippen LogP contribution < -0.4 is 0 Å². The highest BCUT2D eigenvalue weighted by Gasteiger charge is 2.31. The molecule has 0 bridgehead atoms. The largest absolute Gasteiger partial charge is 0.469 e. The van der Waals surface area contributed by atoms with Gasteiger partial charge in [0.25, 0.3) is 0 Å². The number of hydrogen-bond donors (Lipinski definition) is 0. The molecule has 1 saturated carbocycles. The number of Topliss-reactive ketones (excluding diaryl/α,β-unsaturated/α-hetero) is 1. The monoisotopic (exact) mass is 269 g/mol. The summed E-state index contributed by atoms with van der Waals surface area (Å²) >= 11 is 0. The van der Waals surface area contributed by atoms with E-state index in [9.17, 15) is 14.4 Å². The second-order valence-electron chi connectivity index (χ2n) is 5.19. The van der Waals surface area contributed by atoms with Crippen molar-refractivity contribution in [1.29, 1.82) is 0 Å². The van der Waals surface area contributed by atoms with Crippen LogP contribution in [0, 0.1) is 5.92 Å². The van der Waals surface area contributed by atoms with E-state index in [1.165, 1.54) is 25.4 Å². The standard InChI is InChI=1S/C14H23NO4/c1-10(16)12(9-13(17)19-3)15(2)14(18)11-7-5-4-6-8-11/h11-12H,4-9H2,1-3H3. The second kappa shape index (κ2) is 7.26. The highest BCUT2D eigenvalue weighted by molar-refractivity contribution is 5.91. The minimum Gasteiger partial charge on any atom is -0.469 e. The third kappa shape index (κ3) is 4.33. The summed E-state index contributed by atoms with van der Waals surface area (Å²) in [5, 5.41) is 0. The van der Waals surface area contributed by atoms with E-state index in [1.54, 1.807) is 7.05 Å². The van der Waals surface area contributed by atoms with Gasteiger partial charge in [-0.25, -0.2) is 0 Å². The van der Waals surface area contributed by atoms with Crippen molar-refractivity contribution in [1.82, 2.24) is 4.90 Å². The van der Waals surface area contributed by atoms with E-state index in [0.717, 1.165) is 25.7 Å². The zero-order valence-corrected chi connectivity index (χ0v) is 12.0. The van der Waals surface area contributed by atoms with E-state index in [-0.39, 0.29) is 24.0 Å². The molecule has 0 heterocycles. The molecule has 1 amide bonds. The molecule has 5 nitrogen and oxygen atoms in total. The lowest BCUT2D eigenvalue weighted by Crippen LogP contribution is -2.45. The van der Waals surface area contributed by atoms with Gasteiger partial charge in [0, 0.05) is 13.0 Å². The fraction of sp³-hybridized carbons (Fsp3) is 0.786. The Bertz CT molecular complexity index is 347. The van der Waals surface area contributed by atoms with Crippen LogP contribution in [0.1, 0.15) is 45.4 Å². The summed E-state index contributed by atoms with van der Waals surface area (Å²) < 4.78 is 4.58. The topological polar surface area (TPSA) is 63.7 Å². The Labute approximate surface area is 114 Å². The van der Waals surface area contributed by atoms with Gasteiger partial charge in [-0.1, -0.05) is 19.3 Å². The number of methoxy groups -OCH3 is 1. The lowest BCUT2D eigenvalue weighted by atomic mass is 9.88. The smallest absolute Gasteiger partial charge is 0.308 e. The normalized spacial score (nSPS) is 17.6. The number of likely N-dealkylation sites (N-methyl/N-ethyl adjacent to an activating group) is 1. The van der Waals surface area contributed by atoms with Gasteiger partial charge in [-0.3, -0.25) is 14.4 Å².